The molecule has 4 nitrogen and oxygen atoms in total. The van der Waals surface area contributed by atoms with Gasteiger partial charge >= 0.3 is 0 Å². The third-order valence-electron chi connectivity index (χ3n) is 3.58. The van der Waals surface area contributed by atoms with Crippen LogP contribution in [-0.2, 0) is 4.74 Å². The van der Waals surface area contributed by atoms with Crippen LogP contribution in [-0.4, -0.2) is 48.7 Å². The lowest BCUT2D eigenvalue weighted by Gasteiger charge is -2.25. The lowest BCUT2D eigenvalue weighted by atomic mass is 9.87. The minimum absolute atomic E-state index is 0.0844. The molecule has 1 aliphatic rings. The molecule has 0 aromatic heterocycles. The predicted molar refractivity (Wildman–Crippen MR) is 72.6 cm³/mol. The average molecular weight is 259 g/mol. The molecule has 0 bridgehead atoms. The molecule has 0 radical (unpaired) electrons. The Hall–Kier alpha value is -0.160. The van der Waals surface area contributed by atoms with E-state index in [1.165, 1.54) is 0 Å². The van der Waals surface area contributed by atoms with Crippen molar-refractivity contribution < 1.29 is 14.9 Å². The third kappa shape index (κ3) is 7.31. The van der Waals surface area contributed by atoms with Crippen molar-refractivity contribution in [1.29, 1.82) is 0 Å². The molecule has 0 aliphatic heterocycles. The number of hydrogen-bond donors (Lipinski definition) is 3. The Bertz CT molecular complexity index is 193. The van der Waals surface area contributed by atoms with Gasteiger partial charge in [0.25, 0.3) is 0 Å². The Balaban J connectivity index is 1.93. The zero-order chi connectivity index (χ0) is 13.2. The van der Waals surface area contributed by atoms with Crippen molar-refractivity contribution >= 4 is 0 Å². The molecule has 0 heterocycles. The van der Waals surface area contributed by atoms with E-state index in [9.17, 15) is 10.2 Å². The molecular weight excluding hydrogens is 230 g/mol. The van der Waals surface area contributed by atoms with Gasteiger partial charge in [0.15, 0.2) is 0 Å². The molecule has 1 aliphatic carbocycles. The van der Waals surface area contributed by atoms with Crippen LogP contribution in [0.15, 0.2) is 0 Å². The highest BCUT2D eigenvalue weighted by Gasteiger charge is 2.19. The van der Waals surface area contributed by atoms with Crippen molar-refractivity contribution in [3.63, 3.8) is 0 Å². The number of aliphatic hydroxyl groups is 2. The van der Waals surface area contributed by atoms with Gasteiger partial charge in [0, 0.05) is 13.2 Å². The van der Waals surface area contributed by atoms with Crippen LogP contribution >= 0.6 is 0 Å². The van der Waals surface area contributed by atoms with E-state index in [0.29, 0.717) is 19.1 Å². The van der Waals surface area contributed by atoms with E-state index in [-0.39, 0.29) is 6.10 Å². The second kappa shape index (κ2) is 9.73. The first kappa shape index (κ1) is 15.9. The lowest BCUT2D eigenvalue weighted by molar-refractivity contribution is 0.0348. The average Bonchev–Trinajstić information content (AvgIpc) is 2.37. The molecule has 0 saturated heterocycles. The molecule has 0 amide bonds. The standard InChI is InChI=1S/C14H29NO3/c1-2-3-8-18-11-14(17)10-15-9-12-4-6-13(16)7-5-12/h12-17H,2-11H2,1H3. The SMILES string of the molecule is CCCCOCC(O)CNCC1CCC(O)CC1. The topological polar surface area (TPSA) is 61.7 Å². The molecule has 1 unspecified atom stereocenters. The van der Waals surface area contributed by atoms with Crippen molar-refractivity contribution in [1.82, 2.24) is 5.32 Å². The summed E-state index contributed by atoms with van der Waals surface area (Å²) in [5.41, 5.74) is 0. The quantitative estimate of drug-likeness (QED) is 0.546. The van der Waals surface area contributed by atoms with Gasteiger partial charge in [-0.2, -0.15) is 0 Å². The van der Waals surface area contributed by atoms with E-state index in [2.05, 4.69) is 12.2 Å². The summed E-state index contributed by atoms with van der Waals surface area (Å²) < 4.78 is 5.37. The Labute approximate surface area is 111 Å². The van der Waals surface area contributed by atoms with Crippen LogP contribution in [0.3, 0.4) is 0 Å². The van der Waals surface area contributed by atoms with Crippen LogP contribution in [0, 0.1) is 5.92 Å². The Kier molecular flexibility index (Phi) is 8.59. The van der Waals surface area contributed by atoms with E-state index >= 15 is 0 Å². The Morgan fingerprint density at radius 1 is 1.28 bits per heavy atom. The van der Waals surface area contributed by atoms with Gasteiger partial charge in [-0.15, -0.1) is 0 Å². The summed E-state index contributed by atoms with van der Waals surface area (Å²) in [6.07, 6.45) is 5.74. The van der Waals surface area contributed by atoms with Crippen LogP contribution < -0.4 is 5.32 Å². The van der Waals surface area contributed by atoms with Crippen LogP contribution in [0.1, 0.15) is 45.4 Å². The summed E-state index contributed by atoms with van der Waals surface area (Å²) in [6, 6.07) is 0. The molecule has 0 aromatic carbocycles. The normalized spacial score (nSPS) is 26.2. The number of ether oxygens (including phenoxy) is 1. The fourth-order valence-electron chi connectivity index (χ4n) is 2.33. The molecule has 1 rings (SSSR count). The number of unbranched alkanes of at least 4 members (excludes halogenated alkanes) is 1. The summed E-state index contributed by atoms with van der Waals surface area (Å²) in [6.45, 7) is 4.84. The lowest BCUT2D eigenvalue weighted by Crippen LogP contribution is -2.35. The van der Waals surface area contributed by atoms with E-state index < -0.39 is 6.10 Å². The van der Waals surface area contributed by atoms with Gasteiger partial charge in [-0.05, 0) is 44.6 Å². The van der Waals surface area contributed by atoms with Gasteiger partial charge in [-0.3, -0.25) is 0 Å². The maximum Gasteiger partial charge on any atom is 0.0897 e. The highest BCUT2D eigenvalue weighted by atomic mass is 16.5. The molecule has 1 fully saturated rings. The van der Waals surface area contributed by atoms with Crippen molar-refractivity contribution in [3.8, 4) is 0 Å². The van der Waals surface area contributed by atoms with Crippen LogP contribution in [0.25, 0.3) is 0 Å². The largest absolute Gasteiger partial charge is 0.393 e. The summed E-state index contributed by atoms with van der Waals surface area (Å²) in [5, 5.41) is 22.4. The fourth-order valence-corrected chi connectivity index (χ4v) is 2.33. The molecule has 1 atom stereocenters. The summed E-state index contributed by atoms with van der Waals surface area (Å²) in [7, 11) is 0. The minimum atomic E-state index is -0.406. The highest BCUT2D eigenvalue weighted by Crippen LogP contribution is 2.23. The molecule has 4 heteroatoms. The zero-order valence-electron chi connectivity index (χ0n) is 11.6. The number of aliphatic hydroxyl groups excluding tert-OH is 2. The number of nitrogens with one attached hydrogen (secondary N) is 1. The molecule has 1 saturated carbocycles. The summed E-state index contributed by atoms with van der Waals surface area (Å²) >= 11 is 0. The van der Waals surface area contributed by atoms with Gasteiger partial charge in [-0.1, -0.05) is 13.3 Å². The van der Waals surface area contributed by atoms with Gasteiger partial charge < -0.3 is 20.3 Å². The fraction of sp³-hybridized carbons (Fsp3) is 1.00. The molecule has 0 spiro atoms. The Morgan fingerprint density at radius 3 is 2.67 bits per heavy atom. The van der Waals surface area contributed by atoms with Crippen molar-refractivity contribution in [2.24, 2.45) is 5.92 Å². The Morgan fingerprint density at radius 2 is 2.00 bits per heavy atom. The van der Waals surface area contributed by atoms with Crippen molar-refractivity contribution in [2.75, 3.05) is 26.3 Å². The first-order valence-corrected chi connectivity index (χ1v) is 7.37. The smallest absolute Gasteiger partial charge is 0.0897 e. The van der Waals surface area contributed by atoms with Crippen LogP contribution in [0.5, 0.6) is 0 Å². The third-order valence-corrected chi connectivity index (χ3v) is 3.58. The molecule has 0 aromatic rings. The monoisotopic (exact) mass is 259 g/mol. The molecule has 18 heavy (non-hydrogen) atoms. The molecule has 108 valence electrons. The number of rotatable bonds is 9. The van der Waals surface area contributed by atoms with E-state index in [1.54, 1.807) is 0 Å². The van der Waals surface area contributed by atoms with E-state index in [1.807, 2.05) is 0 Å². The summed E-state index contributed by atoms with van der Waals surface area (Å²) in [5.74, 6) is 0.654. The number of hydrogen-bond acceptors (Lipinski definition) is 4. The molecule has 3 N–H and O–H groups in total. The van der Waals surface area contributed by atoms with E-state index in [4.69, 9.17) is 4.74 Å². The van der Waals surface area contributed by atoms with Gasteiger partial charge in [0.1, 0.15) is 0 Å². The van der Waals surface area contributed by atoms with Crippen LogP contribution in [0.4, 0.5) is 0 Å². The predicted octanol–water partition coefficient (Wildman–Crippen LogP) is 1.30. The van der Waals surface area contributed by atoms with Crippen LogP contribution in [0.2, 0.25) is 0 Å². The maximum absolute atomic E-state index is 9.69. The van der Waals surface area contributed by atoms with Gasteiger partial charge in [0.2, 0.25) is 0 Å². The van der Waals surface area contributed by atoms with Crippen molar-refractivity contribution in [3.05, 3.63) is 0 Å². The zero-order valence-corrected chi connectivity index (χ0v) is 11.6. The first-order valence-electron chi connectivity index (χ1n) is 7.37. The second-order valence-corrected chi connectivity index (χ2v) is 5.42. The second-order valence-electron chi connectivity index (χ2n) is 5.42. The summed E-state index contributed by atoms with van der Waals surface area (Å²) in [4.78, 5) is 0. The first-order chi connectivity index (χ1) is 8.72. The van der Waals surface area contributed by atoms with Gasteiger partial charge in [0.05, 0.1) is 18.8 Å². The maximum atomic E-state index is 9.69. The van der Waals surface area contributed by atoms with Crippen molar-refractivity contribution in [2.45, 2.75) is 57.7 Å². The highest BCUT2D eigenvalue weighted by molar-refractivity contribution is 4.73. The van der Waals surface area contributed by atoms with Gasteiger partial charge in [-0.25, -0.2) is 0 Å². The minimum Gasteiger partial charge on any atom is -0.393 e. The molecular formula is C14H29NO3. The van der Waals surface area contributed by atoms with E-state index in [0.717, 1.165) is 51.7 Å².